The van der Waals surface area contributed by atoms with Crippen LogP contribution in [0.25, 0.3) is 0 Å². The Kier molecular flexibility index (Phi) is 10.4. The Hall–Kier alpha value is -2.36. The van der Waals surface area contributed by atoms with Gasteiger partial charge in [0.05, 0.1) is 6.54 Å². The van der Waals surface area contributed by atoms with Gasteiger partial charge in [-0.1, -0.05) is 18.2 Å². The van der Waals surface area contributed by atoms with Crippen LogP contribution >= 0.6 is 24.0 Å². The third-order valence-corrected chi connectivity index (χ3v) is 4.37. The highest BCUT2D eigenvalue weighted by molar-refractivity contribution is 14.0. The van der Waals surface area contributed by atoms with Gasteiger partial charge in [-0.25, -0.2) is 4.99 Å². The fourth-order valence-corrected chi connectivity index (χ4v) is 2.75. The Labute approximate surface area is 195 Å². The summed E-state index contributed by atoms with van der Waals surface area (Å²) >= 11 is 0. The average Bonchev–Trinajstić information content (AvgIpc) is 3.55. The van der Waals surface area contributed by atoms with Gasteiger partial charge in [0.1, 0.15) is 5.75 Å². The molecule has 2 aromatic rings. The van der Waals surface area contributed by atoms with E-state index in [1.807, 2.05) is 49.4 Å². The van der Waals surface area contributed by atoms with E-state index in [0.29, 0.717) is 18.3 Å². The van der Waals surface area contributed by atoms with Crippen LogP contribution < -0.4 is 20.7 Å². The molecule has 3 rings (SSSR count). The second-order valence-electron chi connectivity index (χ2n) is 6.97. The zero-order valence-corrected chi connectivity index (χ0v) is 19.6. The van der Waals surface area contributed by atoms with Gasteiger partial charge in [-0.15, -0.1) is 24.0 Å². The number of carbonyl (C=O) groups excluding carboxylic acids is 1. The van der Waals surface area contributed by atoms with Gasteiger partial charge in [-0.3, -0.25) is 9.78 Å². The fourth-order valence-electron chi connectivity index (χ4n) is 2.75. The van der Waals surface area contributed by atoms with Gasteiger partial charge >= 0.3 is 0 Å². The lowest BCUT2D eigenvalue weighted by Crippen LogP contribution is -2.38. The molecular weight excluding hydrogens is 493 g/mol. The maximum absolute atomic E-state index is 11.8. The van der Waals surface area contributed by atoms with Crippen molar-refractivity contribution in [1.29, 1.82) is 0 Å². The number of benzene rings is 1. The molecule has 1 aromatic heterocycles. The number of carbonyl (C=O) groups is 1. The quantitative estimate of drug-likeness (QED) is 0.253. The summed E-state index contributed by atoms with van der Waals surface area (Å²) in [5.41, 5.74) is 2.07. The molecule has 0 bridgehead atoms. The Morgan fingerprint density at radius 2 is 2.07 bits per heavy atom. The van der Waals surface area contributed by atoms with Crippen LogP contribution in [0, 0.1) is 0 Å². The third-order valence-electron chi connectivity index (χ3n) is 4.37. The molecule has 30 heavy (non-hydrogen) atoms. The molecule has 1 aromatic carbocycles. The predicted molar refractivity (Wildman–Crippen MR) is 129 cm³/mol. The van der Waals surface area contributed by atoms with Crippen LogP contribution in [0.2, 0.25) is 0 Å². The summed E-state index contributed by atoms with van der Waals surface area (Å²) in [6.45, 7) is 4.14. The van der Waals surface area contributed by atoms with E-state index < -0.39 is 0 Å². The molecule has 0 atom stereocenters. The molecular formula is C22H30IN5O2. The van der Waals surface area contributed by atoms with Gasteiger partial charge < -0.3 is 20.7 Å². The molecule has 0 aliphatic heterocycles. The average molecular weight is 523 g/mol. The first-order valence-electron chi connectivity index (χ1n) is 10.2. The van der Waals surface area contributed by atoms with Crippen LogP contribution in [0.3, 0.4) is 0 Å². The number of amides is 1. The van der Waals surface area contributed by atoms with Crippen molar-refractivity contribution in [2.24, 2.45) is 4.99 Å². The zero-order valence-electron chi connectivity index (χ0n) is 17.3. The fraction of sp³-hybridized carbons (Fsp3) is 0.409. The Balaban J connectivity index is 0.00000320. The molecule has 0 unspecified atom stereocenters. The minimum absolute atomic E-state index is 0. The number of halogens is 1. The van der Waals surface area contributed by atoms with E-state index in [2.05, 4.69) is 25.9 Å². The standard InChI is InChI=1S/C22H29N5O2.HI/c1-2-23-22(25-13-11-18-7-3-4-12-24-18)26-15-17-6-5-8-20(14-17)29-16-21(28)27-19-9-10-19;/h3-8,12,14,19H,2,9-11,13,15-16H2,1H3,(H,27,28)(H2,23,25,26);1H. The van der Waals surface area contributed by atoms with Crippen molar-refractivity contribution in [2.75, 3.05) is 19.7 Å². The molecule has 162 valence electrons. The van der Waals surface area contributed by atoms with E-state index in [0.717, 1.165) is 49.6 Å². The van der Waals surface area contributed by atoms with Gasteiger partial charge in [0.25, 0.3) is 5.91 Å². The first-order chi connectivity index (χ1) is 14.2. The highest BCUT2D eigenvalue weighted by Crippen LogP contribution is 2.18. The maximum Gasteiger partial charge on any atom is 0.258 e. The van der Waals surface area contributed by atoms with Crippen molar-refractivity contribution in [2.45, 2.75) is 38.8 Å². The Morgan fingerprint density at radius 1 is 1.20 bits per heavy atom. The first-order valence-corrected chi connectivity index (χ1v) is 10.2. The normalized spacial score (nSPS) is 13.2. The van der Waals surface area contributed by atoms with E-state index in [4.69, 9.17) is 4.74 Å². The largest absolute Gasteiger partial charge is 0.484 e. The second-order valence-corrected chi connectivity index (χ2v) is 6.97. The Bertz CT molecular complexity index is 812. The molecule has 8 heteroatoms. The van der Waals surface area contributed by atoms with E-state index >= 15 is 0 Å². The molecule has 7 nitrogen and oxygen atoms in total. The number of ether oxygens (including phenoxy) is 1. The topological polar surface area (TPSA) is 87.6 Å². The van der Waals surface area contributed by atoms with Crippen molar-refractivity contribution in [3.05, 3.63) is 59.9 Å². The number of hydrogen-bond donors (Lipinski definition) is 3. The summed E-state index contributed by atoms with van der Waals surface area (Å²) < 4.78 is 5.61. The van der Waals surface area contributed by atoms with Crippen molar-refractivity contribution in [3.63, 3.8) is 0 Å². The van der Waals surface area contributed by atoms with Crippen molar-refractivity contribution < 1.29 is 9.53 Å². The van der Waals surface area contributed by atoms with Crippen LogP contribution in [0.1, 0.15) is 31.0 Å². The second kappa shape index (κ2) is 13.0. The lowest BCUT2D eigenvalue weighted by Gasteiger charge is -2.11. The van der Waals surface area contributed by atoms with Gasteiger partial charge in [0.15, 0.2) is 12.6 Å². The van der Waals surface area contributed by atoms with E-state index in [9.17, 15) is 4.79 Å². The van der Waals surface area contributed by atoms with Crippen LogP contribution in [0.15, 0.2) is 53.7 Å². The van der Waals surface area contributed by atoms with Gasteiger partial charge in [0.2, 0.25) is 0 Å². The summed E-state index contributed by atoms with van der Waals surface area (Å²) in [4.78, 5) is 20.7. The summed E-state index contributed by atoms with van der Waals surface area (Å²) in [6.07, 6.45) is 4.78. The van der Waals surface area contributed by atoms with Crippen molar-refractivity contribution in [3.8, 4) is 5.75 Å². The third kappa shape index (κ3) is 8.98. The molecule has 1 heterocycles. The molecule has 1 saturated carbocycles. The molecule has 0 radical (unpaired) electrons. The number of guanidine groups is 1. The molecule has 1 amide bonds. The lowest BCUT2D eigenvalue weighted by molar-refractivity contribution is -0.123. The monoisotopic (exact) mass is 523 g/mol. The summed E-state index contributed by atoms with van der Waals surface area (Å²) in [5.74, 6) is 1.37. The van der Waals surface area contributed by atoms with Crippen LogP contribution in [0.4, 0.5) is 0 Å². The molecule has 0 spiro atoms. The molecule has 1 fully saturated rings. The first kappa shape index (κ1) is 23.9. The molecule has 3 N–H and O–H groups in total. The maximum atomic E-state index is 11.8. The zero-order chi connectivity index (χ0) is 20.3. The molecule has 1 aliphatic rings. The van der Waals surface area contributed by atoms with Gasteiger partial charge in [-0.05, 0) is 49.6 Å². The number of nitrogens with one attached hydrogen (secondary N) is 3. The van der Waals surface area contributed by atoms with E-state index in [1.165, 1.54) is 0 Å². The van der Waals surface area contributed by atoms with E-state index in [-0.39, 0.29) is 36.5 Å². The van der Waals surface area contributed by atoms with E-state index in [1.54, 1.807) is 6.20 Å². The Morgan fingerprint density at radius 3 is 2.80 bits per heavy atom. The summed E-state index contributed by atoms with van der Waals surface area (Å²) in [5, 5.41) is 9.50. The number of rotatable bonds is 10. The highest BCUT2D eigenvalue weighted by Gasteiger charge is 2.23. The number of aliphatic imine (C=N–C) groups is 1. The van der Waals surface area contributed by atoms with Crippen LogP contribution in [-0.2, 0) is 17.8 Å². The number of aromatic nitrogens is 1. The smallest absolute Gasteiger partial charge is 0.258 e. The highest BCUT2D eigenvalue weighted by atomic mass is 127. The van der Waals surface area contributed by atoms with Crippen molar-refractivity contribution in [1.82, 2.24) is 20.9 Å². The van der Waals surface area contributed by atoms with Crippen LogP contribution in [0.5, 0.6) is 5.75 Å². The number of nitrogens with zero attached hydrogens (tertiary/aromatic N) is 2. The number of pyridine rings is 1. The lowest BCUT2D eigenvalue weighted by atomic mass is 10.2. The minimum atomic E-state index is -0.0672. The van der Waals surface area contributed by atoms with Crippen LogP contribution in [-0.4, -0.2) is 42.6 Å². The molecule has 1 aliphatic carbocycles. The van der Waals surface area contributed by atoms with Gasteiger partial charge in [-0.2, -0.15) is 0 Å². The minimum Gasteiger partial charge on any atom is -0.484 e. The van der Waals surface area contributed by atoms with Crippen molar-refractivity contribution >= 4 is 35.8 Å². The SMILES string of the molecule is CCNC(=NCc1cccc(OCC(=O)NC2CC2)c1)NCCc1ccccn1.I. The molecule has 0 saturated heterocycles. The number of hydrogen-bond acceptors (Lipinski definition) is 4. The van der Waals surface area contributed by atoms with Gasteiger partial charge in [0, 0.05) is 37.4 Å². The summed E-state index contributed by atoms with van der Waals surface area (Å²) in [7, 11) is 0. The summed E-state index contributed by atoms with van der Waals surface area (Å²) in [6, 6.07) is 14.0. The predicted octanol–water partition coefficient (Wildman–Crippen LogP) is 2.65.